The summed E-state index contributed by atoms with van der Waals surface area (Å²) in [7, 11) is 0. The van der Waals surface area contributed by atoms with Gasteiger partial charge in [0.15, 0.2) is 0 Å². The van der Waals surface area contributed by atoms with Gasteiger partial charge in [0.1, 0.15) is 5.69 Å². The van der Waals surface area contributed by atoms with Crippen LogP contribution >= 0.6 is 27.5 Å². The van der Waals surface area contributed by atoms with Gasteiger partial charge in [0.2, 0.25) is 0 Å². The summed E-state index contributed by atoms with van der Waals surface area (Å²) in [5.41, 5.74) is 0.286. The number of halogens is 2. The van der Waals surface area contributed by atoms with Gasteiger partial charge in [0.25, 0.3) is 5.91 Å². The second-order valence-corrected chi connectivity index (χ2v) is 6.41. The molecule has 5 heteroatoms. The lowest BCUT2D eigenvalue weighted by atomic mass is 9.78. The molecule has 19 heavy (non-hydrogen) atoms. The van der Waals surface area contributed by atoms with E-state index in [9.17, 15) is 4.79 Å². The predicted molar refractivity (Wildman–Crippen MR) is 80.9 cm³/mol. The molecule has 1 fully saturated rings. The van der Waals surface area contributed by atoms with Crippen molar-refractivity contribution in [3.05, 3.63) is 29.0 Å². The fraction of sp³-hybridized carbons (Fsp3) is 0.571. The van der Waals surface area contributed by atoms with Crippen LogP contribution in [-0.2, 0) is 0 Å². The van der Waals surface area contributed by atoms with Crippen LogP contribution in [0.15, 0.2) is 18.3 Å². The van der Waals surface area contributed by atoms with Crippen molar-refractivity contribution in [1.29, 1.82) is 0 Å². The molecule has 1 amide bonds. The molecule has 1 aliphatic carbocycles. The van der Waals surface area contributed by atoms with Crippen LogP contribution in [0.3, 0.4) is 0 Å². The van der Waals surface area contributed by atoms with Gasteiger partial charge in [0.05, 0.1) is 10.6 Å². The molecule has 0 radical (unpaired) electrons. The van der Waals surface area contributed by atoms with Crippen molar-refractivity contribution < 1.29 is 4.79 Å². The summed E-state index contributed by atoms with van der Waals surface area (Å²) in [5, 5.41) is 4.47. The van der Waals surface area contributed by atoms with E-state index in [-0.39, 0.29) is 11.4 Å². The van der Waals surface area contributed by atoms with E-state index in [1.807, 2.05) is 0 Å². The van der Waals surface area contributed by atoms with E-state index in [1.54, 1.807) is 12.1 Å². The zero-order chi connectivity index (χ0) is 13.9. The molecule has 2 rings (SSSR count). The number of aromatic nitrogens is 1. The highest BCUT2D eigenvalue weighted by Gasteiger charge is 2.34. The number of pyridine rings is 1. The fourth-order valence-corrected chi connectivity index (χ4v) is 3.23. The Morgan fingerprint density at radius 2 is 2.21 bits per heavy atom. The second kappa shape index (κ2) is 6.23. The van der Waals surface area contributed by atoms with Crippen molar-refractivity contribution in [2.75, 3.05) is 5.33 Å². The molecule has 1 aliphatic rings. The molecule has 104 valence electrons. The lowest BCUT2D eigenvalue weighted by Crippen LogP contribution is -2.52. The number of nitrogens with one attached hydrogen (secondary N) is 1. The van der Waals surface area contributed by atoms with E-state index < -0.39 is 0 Å². The molecule has 0 atom stereocenters. The Balaban J connectivity index is 2.06. The molecule has 0 spiro atoms. The van der Waals surface area contributed by atoms with Gasteiger partial charge in [-0.1, -0.05) is 34.5 Å². The number of nitrogens with zero attached hydrogens (tertiary/aromatic N) is 1. The quantitative estimate of drug-likeness (QED) is 0.846. The largest absolute Gasteiger partial charge is 0.344 e. The molecule has 1 N–H and O–H groups in total. The van der Waals surface area contributed by atoms with E-state index >= 15 is 0 Å². The van der Waals surface area contributed by atoms with E-state index in [4.69, 9.17) is 11.6 Å². The minimum absolute atomic E-state index is 0.120. The summed E-state index contributed by atoms with van der Waals surface area (Å²) in [6, 6.07) is 3.35. The summed E-state index contributed by atoms with van der Waals surface area (Å²) in [6.07, 6.45) is 5.83. The molecule has 1 aromatic heterocycles. The Morgan fingerprint density at radius 3 is 2.74 bits per heavy atom. The lowest BCUT2D eigenvalue weighted by molar-refractivity contribution is 0.0869. The number of hydrogen-bond acceptors (Lipinski definition) is 2. The lowest BCUT2D eigenvalue weighted by Gasteiger charge is -2.38. The Bertz CT molecular complexity index is 441. The van der Waals surface area contributed by atoms with Crippen LogP contribution in [-0.4, -0.2) is 21.8 Å². The van der Waals surface area contributed by atoms with Crippen molar-refractivity contribution in [2.45, 2.75) is 38.1 Å². The third kappa shape index (κ3) is 3.69. The molecular formula is C14H18BrClN2O. The highest BCUT2D eigenvalue weighted by Crippen LogP contribution is 2.33. The molecule has 0 aliphatic heterocycles. The minimum atomic E-state index is -0.134. The van der Waals surface area contributed by atoms with Crippen LogP contribution in [0.5, 0.6) is 0 Å². The van der Waals surface area contributed by atoms with Crippen molar-refractivity contribution in [3.8, 4) is 0 Å². The Hall–Kier alpha value is -0.610. The first-order valence-electron chi connectivity index (χ1n) is 6.55. The van der Waals surface area contributed by atoms with Gasteiger partial charge in [-0.3, -0.25) is 4.79 Å². The van der Waals surface area contributed by atoms with Crippen molar-refractivity contribution in [3.63, 3.8) is 0 Å². The summed E-state index contributed by atoms with van der Waals surface area (Å²) >= 11 is 9.32. The monoisotopic (exact) mass is 344 g/mol. The van der Waals surface area contributed by atoms with Gasteiger partial charge in [-0.15, -0.1) is 0 Å². The third-order valence-electron chi connectivity index (χ3n) is 3.83. The first kappa shape index (κ1) is 14.8. The maximum absolute atomic E-state index is 12.2. The standard InChI is InChI=1S/C14H18BrClN2O/c1-10-4-6-14(9-15,7-5-10)18-13(19)12-3-2-11(16)8-17-12/h2-3,8,10H,4-7,9H2,1H3,(H,18,19). The average Bonchev–Trinajstić information content (AvgIpc) is 2.42. The highest BCUT2D eigenvalue weighted by atomic mass is 79.9. The Morgan fingerprint density at radius 1 is 1.53 bits per heavy atom. The molecule has 0 bridgehead atoms. The maximum Gasteiger partial charge on any atom is 0.270 e. The number of rotatable bonds is 3. The van der Waals surface area contributed by atoms with Crippen LogP contribution in [0.1, 0.15) is 43.1 Å². The smallest absolute Gasteiger partial charge is 0.270 e. The van der Waals surface area contributed by atoms with Crippen molar-refractivity contribution in [1.82, 2.24) is 10.3 Å². The Kier molecular flexibility index (Phi) is 4.85. The van der Waals surface area contributed by atoms with Gasteiger partial charge >= 0.3 is 0 Å². The first-order chi connectivity index (χ1) is 9.04. The van der Waals surface area contributed by atoms with Crippen LogP contribution in [0.4, 0.5) is 0 Å². The number of alkyl halides is 1. The summed E-state index contributed by atoms with van der Waals surface area (Å²) in [4.78, 5) is 16.3. The maximum atomic E-state index is 12.2. The van der Waals surface area contributed by atoms with Gasteiger partial charge in [0, 0.05) is 11.5 Å². The van der Waals surface area contributed by atoms with Crippen LogP contribution in [0.2, 0.25) is 5.02 Å². The van der Waals surface area contributed by atoms with Gasteiger partial charge in [-0.25, -0.2) is 4.98 Å². The van der Waals surface area contributed by atoms with E-state index in [0.29, 0.717) is 10.7 Å². The molecule has 3 nitrogen and oxygen atoms in total. The number of amides is 1. The Labute approximate surface area is 127 Å². The zero-order valence-corrected chi connectivity index (χ0v) is 13.3. The summed E-state index contributed by atoms with van der Waals surface area (Å²) in [6.45, 7) is 2.26. The topological polar surface area (TPSA) is 42.0 Å². The molecule has 1 saturated carbocycles. The first-order valence-corrected chi connectivity index (χ1v) is 8.05. The molecule has 1 aromatic rings. The fourth-order valence-electron chi connectivity index (χ4n) is 2.42. The van der Waals surface area contributed by atoms with E-state index in [2.05, 4.69) is 33.2 Å². The predicted octanol–water partition coefficient (Wildman–Crippen LogP) is 3.81. The van der Waals surface area contributed by atoms with E-state index in [0.717, 1.165) is 36.9 Å². The SMILES string of the molecule is CC1CCC(CBr)(NC(=O)c2ccc(Cl)cn2)CC1. The molecule has 0 saturated heterocycles. The van der Waals surface area contributed by atoms with Gasteiger partial charge in [-0.05, 0) is 43.7 Å². The van der Waals surface area contributed by atoms with Gasteiger partial charge in [-0.2, -0.15) is 0 Å². The minimum Gasteiger partial charge on any atom is -0.344 e. The normalized spacial score (nSPS) is 27.0. The van der Waals surface area contributed by atoms with Gasteiger partial charge < -0.3 is 5.32 Å². The highest BCUT2D eigenvalue weighted by molar-refractivity contribution is 9.09. The summed E-state index contributed by atoms with van der Waals surface area (Å²) in [5.74, 6) is 0.628. The van der Waals surface area contributed by atoms with Crippen LogP contribution in [0.25, 0.3) is 0 Å². The molecule has 0 aromatic carbocycles. The third-order valence-corrected chi connectivity index (χ3v) is 5.12. The van der Waals surface area contributed by atoms with Crippen LogP contribution < -0.4 is 5.32 Å². The molecule has 1 heterocycles. The second-order valence-electron chi connectivity index (χ2n) is 5.41. The van der Waals surface area contributed by atoms with Crippen molar-refractivity contribution in [2.24, 2.45) is 5.92 Å². The number of carbonyl (C=O) groups excluding carboxylic acids is 1. The molecular weight excluding hydrogens is 328 g/mol. The van der Waals surface area contributed by atoms with E-state index in [1.165, 1.54) is 6.20 Å². The zero-order valence-electron chi connectivity index (χ0n) is 11.0. The number of carbonyl (C=O) groups is 1. The average molecular weight is 346 g/mol. The van der Waals surface area contributed by atoms with Crippen LogP contribution in [0, 0.1) is 5.92 Å². The molecule has 0 unspecified atom stereocenters. The summed E-state index contributed by atoms with van der Waals surface area (Å²) < 4.78 is 0. The number of hydrogen-bond donors (Lipinski definition) is 1. The van der Waals surface area contributed by atoms with Crippen molar-refractivity contribution >= 4 is 33.4 Å².